The Labute approximate surface area is 121 Å². The number of hydrogen-bond donors (Lipinski definition) is 3. The number of halogens is 2. The highest BCUT2D eigenvalue weighted by atomic mass is 79.9. The summed E-state index contributed by atoms with van der Waals surface area (Å²) in [5, 5.41) is 2.83. The van der Waals surface area contributed by atoms with E-state index in [1.807, 2.05) is 42.7 Å². The quantitative estimate of drug-likeness (QED) is 0.524. The molecule has 0 aromatic heterocycles. The molecule has 1 aliphatic rings. The first-order valence-electron chi connectivity index (χ1n) is 5.21. The zero-order valence-electron chi connectivity index (χ0n) is 10.1. The largest absolute Gasteiger partial charge is 1.00 e. The van der Waals surface area contributed by atoms with Gasteiger partial charge >= 0.3 is 5.96 Å². The van der Waals surface area contributed by atoms with Crippen LogP contribution in [0.25, 0.3) is 0 Å². The molecule has 18 heavy (non-hydrogen) atoms. The van der Waals surface area contributed by atoms with E-state index in [0.29, 0.717) is 11.9 Å². The second-order valence-electron chi connectivity index (χ2n) is 4.31. The van der Waals surface area contributed by atoms with Gasteiger partial charge in [-0.2, -0.15) is 4.99 Å². The minimum atomic E-state index is -0.507. The predicted molar refractivity (Wildman–Crippen MR) is 72.1 cm³/mol. The Morgan fingerprint density at radius 1 is 1.22 bits per heavy atom. The van der Waals surface area contributed by atoms with Crippen molar-refractivity contribution in [2.75, 3.05) is 0 Å². The molecule has 0 aliphatic carbocycles. The van der Waals surface area contributed by atoms with Crippen LogP contribution in [0.15, 0.2) is 33.7 Å². The molecule has 2 rings (SSSR count). The number of rotatable bonds is 1. The van der Waals surface area contributed by atoms with E-state index in [9.17, 15) is 0 Å². The third kappa shape index (κ3) is 2.76. The van der Waals surface area contributed by atoms with Crippen molar-refractivity contribution in [3.8, 4) is 0 Å². The predicted octanol–water partition coefficient (Wildman–Crippen LogP) is -1.93. The third-order valence-electron chi connectivity index (χ3n) is 2.52. The Bertz CT molecular complexity index is 507. The first kappa shape index (κ1) is 14.8. The van der Waals surface area contributed by atoms with Gasteiger partial charge in [-0.3, -0.25) is 5.73 Å². The molecule has 0 radical (unpaired) electrons. The zero-order chi connectivity index (χ0) is 12.6. The lowest BCUT2D eigenvalue weighted by Crippen LogP contribution is -3.00. The number of benzene rings is 1. The molecule has 0 spiro atoms. The molecule has 0 amide bonds. The van der Waals surface area contributed by atoms with Gasteiger partial charge in [0.2, 0.25) is 0 Å². The fourth-order valence-corrected chi connectivity index (χ4v) is 2.16. The van der Waals surface area contributed by atoms with E-state index < -0.39 is 5.66 Å². The van der Waals surface area contributed by atoms with Crippen LogP contribution in [0.3, 0.4) is 0 Å². The summed E-state index contributed by atoms with van der Waals surface area (Å²) in [4.78, 5) is 4.34. The average Bonchev–Trinajstić information content (AvgIpc) is 2.18. The van der Waals surface area contributed by atoms with Gasteiger partial charge in [-0.1, -0.05) is 15.9 Å². The first-order valence-corrected chi connectivity index (χ1v) is 6.00. The summed E-state index contributed by atoms with van der Waals surface area (Å²) < 4.78 is 2.92. The molecule has 0 unspecified atom stereocenters. The van der Waals surface area contributed by atoms with Gasteiger partial charge in [0.15, 0.2) is 5.66 Å². The van der Waals surface area contributed by atoms with Gasteiger partial charge in [0.05, 0.1) is 0 Å². The lowest BCUT2D eigenvalue weighted by atomic mass is 10.2. The van der Waals surface area contributed by atoms with E-state index in [0.717, 1.165) is 10.2 Å². The summed E-state index contributed by atoms with van der Waals surface area (Å²) in [6, 6.07) is 7.86. The molecule has 1 heterocycles. The van der Waals surface area contributed by atoms with Gasteiger partial charge < -0.3 is 18.1 Å². The molecule has 5 N–H and O–H groups in total. The number of aliphatic imine (C=N–C) groups is 1. The highest BCUT2D eigenvalue weighted by Crippen LogP contribution is 2.25. The van der Waals surface area contributed by atoms with Crippen LogP contribution in [0.1, 0.15) is 13.8 Å². The fraction of sp³-hybridized carbons (Fsp3) is 0.273. The van der Waals surface area contributed by atoms with Crippen LogP contribution in [0, 0.1) is 0 Å². The molecule has 5 nitrogen and oxygen atoms in total. The summed E-state index contributed by atoms with van der Waals surface area (Å²) in [6.07, 6.45) is 0. The molecule has 0 fully saturated rings. The van der Waals surface area contributed by atoms with Crippen molar-refractivity contribution < 1.29 is 17.0 Å². The first-order chi connectivity index (χ1) is 7.90. The SMILES string of the molecule is CC1(C)N=C(N)NC(N)=[N+]1c1ccc(Br)cc1.[Cl-]. The summed E-state index contributed by atoms with van der Waals surface area (Å²) in [5.41, 5.74) is 12.1. The summed E-state index contributed by atoms with van der Waals surface area (Å²) >= 11 is 3.40. The van der Waals surface area contributed by atoms with Gasteiger partial charge in [-0.15, -0.1) is 0 Å². The molecule has 1 aliphatic heterocycles. The number of guanidine groups is 2. The molecular weight excluding hydrogens is 318 g/mol. The minimum Gasteiger partial charge on any atom is -1.00 e. The smallest absolute Gasteiger partial charge is 0.357 e. The van der Waals surface area contributed by atoms with Gasteiger partial charge in [0.1, 0.15) is 5.69 Å². The average molecular weight is 333 g/mol. The number of nitrogens with one attached hydrogen (secondary N) is 1. The molecule has 98 valence electrons. The topological polar surface area (TPSA) is 79.4 Å². The number of nitrogens with zero attached hydrogens (tertiary/aromatic N) is 2. The molecular formula is C11H15BrClN5. The normalized spacial score (nSPS) is 17.6. The molecule has 1 aromatic rings. The molecule has 0 atom stereocenters. The van der Waals surface area contributed by atoms with Gasteiger partial charge in [-0.05, 0) is 38.1 Å². The zero-order valence-corrected chi connectivity index (χ0v) is 12.5. The van der Waals surface area contributed by atoms with E-state index >= 15 is 0 Å². The highest BCUT2D eigenvalue weighted by Gasteiger charge is 2.33. The van der Waals surface area contributed by atoms with Crippen molar-refractivity contribution in [1.82, 2.24) is 5.32 Å². The molecule has 0 bridgehead atoms. The van der Waals surface area contributed by atoms with Crippen molar-refractivity contribution in [2.45, 2.75) is 19.5 Å². The number of hydrogen-bond acceptors (Lipinski definition) is 4. The summed E-state index contributed by atoms with van der Waals surface area (Å²) in [5.74, 6) is 0.811. The van der Waals surface area contributed by atoms with E-state index in [1.54, 1.807) is 0 Å². The van der Waals surface area contributed by atoms with Crippen molar-refractivity contribution >= 4 is 33.5 Å². The van der Waals surface area contributed by atoms with E-state index in [2.05, 4.69) is 26.2 Å². The van der Waals surface area contributed by atoms with Crippen molar-refractivity contribution in [3.05, 3.63) is 28.7 Å². The maximum absolute atomic E-state index is 5.97. The van der Waals surface area contributed by atoms with Crippen LogP contribution in [-0.2, 0) is 0 Å². The Kier molecular flexibility index (Phi) is 4.24. The number of nitrogens with two attached hydrogens (primary N) is 2. The maximum Gasteiger partial charge on any atom is 0.357 e. The molecule has 0 saturated heterocycles. The van der Waals surface area contributed by atoms with Crippen LogP contribution in [0.4, 0.5) is 5.69 Å². The Morgan fingerprint density at radius 3 is 2.28 bits per heavy atom. The Balaban J connectivity index is 0.00000162. The monoisotopic (exact) mass is 331 g/mol. The van der Waals surface area contributed by atoms with Gasteiger partial charge in [0.25, 0.3) is 5.96 Å². The second-order valence-corrected chi connectivity index (χ2v) is 5.23. The lowest BCUT2D eigenvalue weighted by molar-refractivity contribution is -0.527. The van der Waals surface area contributed by atoms with E-state index in [-0.39, 0.29) is 12.4 Å². The summed E-state index contributed by atoms with van der Waals surface area (Å²) in [7, 11) is 0. The minimum absolute atomic E-state index is 0. The highest BCUT2D eigenvalue weighted by molar-refractivity contribution is 9.10. The molecule has 7 heteroatoms. The summed E-state index contributed by atoms with van der Waals surface area (Å²) in [6.45, 7) is 3.91. The van der Waals surface area contributed by atoms with Crippen molar-refractivity contribution in [1.29, 1.82) is 0 Å². The van der Waals surface area contributed by atoms with Crippen LogP contribution in [0.5, 0.6) is 0 Å². The maximum atomic E-state index is 5.97. The third-order valence-corrected chi connectivity index (χ3v) is 3.05. The fourth-order valence-electron chi connectivity index (χ4n) is 1.90. The van der Waals surface area contributed by atoms with Gasteiger partial charge in [0, 0.05) is 4.47 Å². The van der Waals surface area contributed by atoms with Crippen molar-refractivity contribution in [3.63, 3.8) is 0 Å². The Hall–Kier alpha value is -1.27. The lowest BCUT2D eigenvalue weighted by Gasteiger charge is -2.28. The van der Waals surface area contributed by atoms with Crippen LogP contribution < -0.4 is 29.2 Å². The van der Waals surface area contributed by atoms with E-state index in [4.69, 9.17) is 11.5 Å². The van der Waals surface area contributed by atoms with Crippen LogP contribution in [-0.4, -0.2) is 22.2 Å². The molecule has 1 aromatic carbocycles. The molecule has 0 saturated carbocycles. The standard InChI is InChI=1S/C11H14BrN5.ClH/c1-11(2)16-9(13)15-10(14)17(11)8-5-3-7(12)4-6-8;/h3-6H,1-2H3,(H4,13,14,15,16);1H. The van der Waals surface area contributed by atoms with Gasteiger partial charge in [-0.25, -0.2) is 9.89 Å². The second kappa shape index (κ2) is 5.16. The Morgan fingerprint density at radius 2 is 1.78 bits per heavy atom. The van der Waals surface area contributed by atoms with Crippen LogP contribution in [0.2, 0.25) is 0 Å². The van der Waals surface area contributed by atoms with E-state index in [1.165, 1.54) is 0 Å². The van der Waals surface area contributed by atoms with Crippen molar-refractivity contribution in [2.24, 2.45) is 16.5 Å². The van der Waals surface area contributed by atoms with Crippen LogP contribution >= 0.6 is 15.9 Å².